The normalized spacial score (nSPS) is 30.4. The van der Waals surface area contributed by atoms with Gasteiger partial charge in [0.2, 0.25) is 0 Å². The molecule has 2 N–H and O–H groups in total. The number of H-pyrrole nitrogens is 1. The highest BCUT2D eigenvalue weighted by Gasteiger charge is 2.42. The van der Waals surface area contributed by atoms with Crippen LogP contribution in [0.1, 0.15) is 19.0 Å². The zero-order valence-corrected chi connectivity index (χ0v) is 9.03. The molecule has 82 valence electrons. The van der Waals surface area contributed by atoms with E-state index in [0.29, 0.717) is 17.4 Å². The van der Waals surface area contributed by atoms with Crippen molar-refractivity contribution < 1.29 is 4.79 Å². The van der Waals surface area contributed by atoms with E-state index >= 15 is 0 Å². The van der Waals surface area contributed by atoms with Crippen LogP contribution in [-0.4, -0.2) is 16.6 Å². The van der Waals surface area contributed by atoms with Gasteiger partial charge < -0.3 is 4.98 Å². The van der Waals surface area contributed by atoms with Crippen LogP contribution in [0.5, 0.6) is 0 Å². The fraction of sp³-hybridized carbons (Fsp3) is 0.333. The van der Waals surface area contributed by atoms with E-state index in [0.717, 1.165) is 17.8 Å². The third-order valence-corrected chi connectivity index (χ3v) is 3.18. The molecule has 1 aromatic rings. The van der Waals surface area contributed by atoms with Crippen molar-refractivity contribution in [1.29, 1.82) is 0 Å². The highest BCUT2D eigenvalue weighted by Crippen LogP contribution is 2.41. The summed E-state index contributed by atoms with van der Waals surface area (Å²) in [5.74, 6) is 1.02. The maximum Gasteiger partial charge on any atom is 0.273 e. The Morgan fingerprint density at radius 2 is 2.38 bits per heavy atom. The lowest BCUT2D eigenvalue weighted by molar-refractivity contribution is -0.116. The second kappa shape index (κ2) is 3.33. The second-order valence-corrected chi connectivity index (χ2v) is 4.44. The number of carbonyl (C=O) groups is 1. The third-order valence-electron chi connectivity index (χ3n) is 3.18. The summed E-state index contributed by atoms with van der Waals surface area (Å²) in [7, 11) is 0. The average molecular weight is 215 g/mol. The van der Waals surface area contributed by atoms with Gasteiger partial charge in [0, 0.05) is 17.8 Å². The minimum Gasteiger partial charge on any atom is -0.362 e. The number of rotatable bonds is 2. The van der Waals surface area contributed by atoms with Crippen LogP contribution in [0.4, 0.5) is 0 Å². The number of hydrazone groups is 1. The second-order valence-electron chi connectivity index (χ2n) is 4.44. The van der Waals surface area contributed by atoms with Gasteiger partial charge in [0.05, 0.1) is 11.3 Å². The zero-order chi connectivity index (χ0) is 11.1. The van der Waals surface area contributed by atoms with Gasteiger partial charge >= 0.3 is 0 Å². The molecule has 2 atom stereocenters. The van der Waals surface area contributed by atoms with Crippen LogP contribution in [0, 0.1) is 11.8 Å². The van der Waals surface area contributed by atoms with E-state index in [-0.39, 0.29) is 5.91 Å². The first-order valence-electron chi connectivity index (χ1n) is 5.49. The van der Waals surface area contributed by atoms with Gasteiger partial charge in [0.15, 0.2) is 0 Å². The summed E-state index contributed by atoms with van der Waals surface area (Å²) < 4.78 is 0. The summed E-state index contributed by atoms with van der Waals surface area (Å²) in [6.07, 6.45) is 4.85. The lowest BCUT2D eigenvalue weighted by Crippen LogP contribution is -2.14. The molecule has 0 spiro atoms. The zero-order valence-electron chi connectivity index (χ0n) is 9.03. The number of carbonyl (C=O) groups excluding carboxylic acids is 1. The molecule has 0 bridgehead atoms. The van der Waals surface area contributed by atoms with Gasteiger partial charge in [-0.3, -0.25) is 4.79 Å². The van der Waals surface area contributed by atoms with E-state index in [1.165, 1.54) is 0 Å². The third kappa shape index (κ3) is 1.46. The molecule has 1 aliphatic carbocycles. The van der Waals surface area contributed by atoms with Gasteiger partial charge in [-0.15, -0.1) is 0 Å². The molecule has 1 amide bonds. The predicted octanol–water partition coefficient (Wildman–Crippen LogP) is 1.54. The van der Waals surface area contributed by atoms with Crippen molar-refractivity contribution in [3.8, 4) is 0 Å². The Kier molecular flexibility index (Phi) is 1.96. The summed E-state index contributed by atoms with van der Waals surface area (Å²) in [5, 5.41) is 4.13. The Morgan fingerprint density at radius 1 is 1.56 bits per heavy atom. The van der Waals surface area contributed by atoms with Crippen molar-refractivity contribution in [3.05, 3.63) is 29.6 Å². The highest BCUT2D eigenvalue weighted by atomic mass is 16.2. The lowest BCUT2D eigenvalue weighted by atomic mass is 10.0. The Balaban J connectivity index is 1.92. The first-order valence-corrected chi connectivity index (χ1v) is 5.49. The SMILES string of the molecule is CC1CC1C1=NNC(=O)/C1=C/c1ccc[nH]1. The van der Waals surface area contributed by atoms with Crippen LogP contribution in [0.3, 0.4) is 0 Å². The monoisotopic (exact) mass is 215 g/mol. The van der Waals surface area contributed by atoms with Crippen LogP contribution in [0.2, 0.25) is 0 Å². The van der Waals surface area contributed by atoms with Crippen molar-refractivity contribution in [1.82, 2.24) is 10.4 Å². The molecule has 4 heteroatoms. The summed E-state index contributed by atoms with van der Waals surface area (Å²) in [5.41, 5.74) is 5.11. The van der Waals surface area contributed by atoms with Crippen molar-refractivity contribution in [2.45, 2.75) is 13.3 Å². The first kappa shape index (κ1) is 9.39. The van der Waals surface area contributed by atoms with Crippen molar-refractivity contribution in [2.75, 3.05) is 0 Å². The number of aromatic amines is 1. The molecule has 3 rings (SSSR count). The molecule has 0 aromatic carbocycles. The molecule has 0 saturated heterocycles. The van der Waals surface area contributed by atoms with Crippen LogP contribution in [-0.2, 0) is 4.79 Å². The number of nitrogens with one attached hydrogen (secondary N) is 2. The number of nitrogens with zero attached hydrogens (tertiary/aromatic N) is 1. The molecule has 1 fully saturated rings. The highest BCUT2D eigenvalue weighted by molar-refractivity contribution is 6.28. The first-order chi connectivity index (χ1) is 7.75. The fourth-order valence-corrected chi connectivity index (χ4v) is 2.06. The molecule has 1 saturated carbocycles. The van der Waals surface area contributed by atoms with Crippen LogP contribution < -0.4 is 5.43 Å². The van der Waals surface area contributed by atoms with E-state index < -0.39 is 0 Å². The maximum absolute atomic E-state index is 11.6. The predicted molar refractivity (Wildman–Crippen MR) is 61.6 cm³/mol. The Hall–Kier alpha value is -1.84. The summed E-state index contributed by atoms with van der Waals surface area (Å²) in [6.45, 7) is 2.18. The molecule has 2 heterocycles. The average Bonchev–Trinajstić information content (AvgIpc) is 2.69. The Morgan fingerprint density at radius 3 is 3.00 bits per heavy atom. The van der Waals surface area contributed by atoms with Crippen LogP contribution in [0.25, 0.3) is 6.08 Å². The molecule has 1 aliphatic heterocycles. The van der Waals surface area contributed by atoms with E-state index in [4.69, 9.17) is 0 Å². The topological polar surface area (TPSA) is 57.2 Å². The smallest absolute Gasteiger partial charge is 0.273 e. The fourth-order valence-electron chi connectivity index (χ4n) is 2.06. The summed E-state index contributed by atoms with van der Waals surface area (Å²) >= 11 is 0. The minimum absolute atomic E-state index is 0.0938. The van der Waals surface area contributed by atoms with Gasteiger partial charge in [-0.25, -0.2) is 5.43 Å². The molecule has 4 nitrogen and oxygen atoms in total. The lowest BCUT2D eigenvalue weighted by Gasteiger charge is -1.98. The van der Waals surface area contributed by atoms with Gasteiger partial charge in [-0.1, -0.05) is 6.92 Å². The summed E-state index contributed by atoms with van der Waals surface area (Å²) in [4.78, 5) is 14.7. The van der Waals surface area contributed by atoms with E-state index in [9.17, 15) is 4.79 Å². The largest absolute Gasteiger partial charge is 0.362 e. The van der Waals surface area contributed by atoms with E-state index in [1.807, 2.05) is 24.4 Å². The number of hydrogen-bond donors (Lipinski definition) is 2. The molecule has 0 radical (unpaired) electrons. The van der Waals surface area contributed by atoms with E-state index in [1.54, 1.807) is 0 Å². The standard InChI is InChI=1S/C12H13N3O/c1-7-5-9(7)11-10(12(16)15-14-11)6-8-3-2-4-13-8/h2-4,6-7,9,13H,5H2,1H3,(H,15,16)/b10-6+. The van der Waals surface area contributed by atoms with Crippen LogP contribution in [0.15, 0.2) is 29.0 Å². The van der Waals surface area contributed by atoms with Crippen molar-refractivity contribution in [3.63, 3.8) is 0 Å². The maximum atomic E-state index is 11.6. The van der Waals surface area contributed by atoms with Gasteiger partial charge in [0.25, 0.3) is 5.91 Å². The van der Waals surface area contributed by atoms with Crippen LogP contribution >= 0.6 is 0 Å². The number of amides is 1. The van der Waals surface area contributed by atoms with Gasteiger partial charge in [-0.2, -0.15) is 5.10 Å². The quantitative estimate of drug-likeness (QED) is 0.722. The molecule has 2 aliphatic rings. The van der Waals surface area contributed by atoms with Gasteiger partial charge in [-0.05, 0) is 30.5 Å². The van der Waals surface area contributed by atoms with Gasteiger partial charge in [0.1, 0.15) is 0 Å². The van der Waals surface area contributed by atoms with Crippen molar-refractivity contribution >= 4 is 17.7 Å². The van der Waals surface area contributed by atoms with E-state index in [2.05, 4.69) is 22.4 Å². The molecular weight excluding hydrogens is 202 g/mol. The molecule has 16 heavy (non-hydrogen) atoms. The van der Waals surface area contributed by atoms with Crippen molar-refractivity contribution in [2.24, 2.45) is 16.9 Å². The Labute approximate surface area is 93.4 Å². The number of hydrogen-bond acceptors (Lipinski definition) is 2. The number of aromatic nitrogens is 1. The molecule has 1 aromatic heterocycles. The Bertz CT molecular complexity index is 484. The minimum atomic E-state index is -0.0938. The molecule has 2 unspecified atom stereocenters. The summed E-state index contributed by atoms with van der Waals surface area (Å²) in [6, 6.07) is 3.85. The molecular formula is C12H13N3O.